The summed E-state index contributed by atoms with van der Waals surface area (Å²) in [5.74, 6) is 1.09. The molecular weight excluding hydrogens is 220 g/mol. The Balaban J connectivity index is 2.06. The zero-order valence-corrected chi connectivity index (χ0v) is 9.97. The van der Waals surface area contributed by atoms with Gasteiger partial charge in [0.2, 0.25) is 6.79 Å². The van der Waals surface area contributed by atoms with Gasteiger partial charge in [0.15, 0.2) is 17.3 Å². The first-order chi connectivity index (χ1) is 8.08. The van der Waals surface area contributed by atoms with Crippen molar-refractivity contribution in [3.05, 3.63) is 23.8 Å². The van der Waals surface area contributed by atoms with Crippen LogP contribution in [0.15, 0.2) is 18.2 Å². The van der Waals surface area contributed by atoms with Crippen molar-refractivity contribution < 1.29 is 19.4 Å². The second-order valence-corrected chi connectivity index (χ2v) is 4.46. The van der Waals surface area contributed by atoms with Gasteiger partial charge in [-0.25, -0.2) is 0 Å². The average Bonchev–Trinajstić information content (AvgIpc) is 2.74. The number of hydrogen-bond acceptors (Lipinski definition) is 4. The Bertz CT molecular complexity index is 425. The Hall–Kier alpha value is -1.55. The van der Waals surface area contributed by atoms with Crippen LogP contribution >= 0.6 is 0 Å². The van der Waals surface area contributed by atoms with E-state index in [4.69, 9.17) is 9.47 Å². The second kappa shape index (κ2) is 4.75. The van der Waals surface area contributed by atoms with E-state index >= 15 is 0 Å². The Morgan fingerprint density at radius 3 is 2.76 bits per heavy atom. The molecular formula is C13H16O4. The van der Waals surface area contributed by atoms with Crippen molar-refractivity contribution in [3.8, 4) is 11.5 Å². The molecule has 1 aromatic carbocycles. The van der Waals surface area contributed by atoms with E-state index in [1.165, 1.54) is 0 Å². The number of carbonyl (C=O) groups excluding carboxylic acids is 1. The summed E-state index contributed by atoms with van der Waals surface area (Å²) in [6, 6.07) is 5.44. The molecule has 0 spiro atoms. The van der Waals surface area contributed by atoms with Gasteiger partial charge < -0.3 is 14.6 Å². The van der Waals surface area contributed by atoms with E-state index in [2.05, 4.69) is 0 Å². The van der Waals surface area contributed by atoms with Crippen LogP contribution in [-0.2, 0) is 11.2 Å². The first-order valence-corrected chi connectivity index (χ1v) is 5.68. The van der Waals surface area contributed by atoms with Crippen molar-refractivity contribution in [1.82, 2.24) is 0 Å². The van der Waals surface area contributed by atoms with Crippen LogP contribution < -0.4 is 9.47 Å². The van der Waals surface area contributed by atoms with E-state index in [0.717, 1.165) is 5.56 Å². The lowest BCUT2D eigenvalue weighted by Crippen LogP contribution is -2.27. The first kappa shape index (κ1) is 11.9. The molecule has 1 heterocycles. The van der Waals surface area contributed by atoms with Crippen LogP contribution in [0.25, 0.3) is 0 Å². The van der Waals surface area contributed by atoms with E-state index in [9.17, 15) is 9.90 Å². The number of fused-ring (bicyclic) bond motifs is 1. The van der Waals surface area contributed by atoms with Gasteiger partial charge in [-0.2, -0.15) is 0 Å². The zero-order valence-electron chi connectivity index (χ0n) is 9.97. The quantitative estimate of drug-likeness (QED) is 0.861. The molecule has 0 saturated carbocycles. The fourth-order valence-electron chi connectivity index (χ4n) is 1.78. The van der Waals surface area contributed by atoms with Crippen molar-refractivity contribution in [3.63, 3.8) is 0 Å². The predicted octanol–water partition coefficient (Wildman–Crippen LogP) is 1.54. The van der Waals surface area contributed by atoms with Gasteiger partial charge >= 0.3 is 0 Å². The maximum atomic E-state index is 11.6. The molecule has 0 radical (unpaired) electrons. The topological polar surface area (TPSA) is 55.8 Å². The number of aliphatic hydroxyl groups excluding tert-OH is 1. The summed E-state index contributed by atoms with van der Waals surface area (Å²) in [5, 5.41) is 9.77. The minimum Gasteiger partial charge on any atom is -0.454 e. The number of ether oxygens (including phenoxy) is 2. The highest BCUT2D eigenvalue weighted by molar-refractivity contribution is 5.84. The summed E-state index contributed by atoms with van der Waals surface area (Å²) in [7, 11) is 0. The molecule has 0 unspecified atom stereocenters. The Kier molecular flexibility index (Phi) is 3.33. The molecule has 1 atom stereocenters. The van der Waals surface area contributed by atoms with Crippen LogP contribution in [0.2, 0.25) is 0 Å². The highest BCUT2D eigenvalue weighted by atomic mass is 16.7. The molecule has 4 heteroatoms. The number of hydrogen-bond donors (Lipinski definition) is 1. The maximum Gasteiger partial charge on any atom is 0.231 e. The molecule has 17 heavy (non-hydrogen) atoms. The molecule has 1 aromatic rings. The summed E-state index contributed by atoms with van der Waals surface area (Å²) in [5.41, 5.74) is 0.871. The van der Waals surface area contributed by atoms with Gasteiger partial charge in [0.25, 0.3) is 0 Å². The summed E-state index contributed by atoms with van der Waals surface area (Å²) in [6.45, 7) is 3.79. The third-order valence-corrected chi connectivity index (χ3v) is 2.76. The van der Waals surface area contributed by atoms with Gasteiger partial charge in [0.05, 0.1) is 0 Å². The average molecular weight is 236 g/mol. The van der Waals surface area contributed by atoms with Crippen LogP contribution in [-0.4, -0.2) is 23.8 Å². The summed E-state index contributed by atoms with van der Waals surface area (Å²) >= 11 is 0. The standard InChI is InChI=1S/C13H16O4/c1-8(2)13(15)10(14)5-9-3-4-11-12(6-9)17-7-16-11/h3-4,6,8,10,14H,5,7H2,1-2H3/t10-/m1/s1. The minimum atomic E-state index is -0.949. The van der Waals surface area contributed by atoms with Crippen LogP contribution in [0, 0.1) is 5.92 Å². The molecule has 0 fully saturated rings. The van der Waals surface area contributed by atoms with Crippen molar-refractivity contribution in [1.29, 1.82) is 0 Å². The van der Waals surface area contributed by atoms with E-state index in [-0.39, 0.29) is 18.5 Å². The van der Waals surface area contributed by atoms with Crippen molar-refractivity contribution in [2.45, 2.75) is 26.4 Å². The Labute approximate surface area is 100 Å². The highest BCUT2D eigenvalue weighted by Crippen LogP contribution is 2.32. The molecule has 92 valence electrons. The number of benzene rings is 1. The molecule has 0 amide bonds. The van der Waals surface area contributed by atoms with E-state index in [0.29, 0.717) is 17.9 Å². The van der Waals surface area contributed by atoms with Crippen LogP contribution in [0.3, 0.4) is 0 Å². The smallest absolute Gasteiger partial charge is 0.231 e. The highest BCUT2D eigenvalue weighted by Gasteiger charge is 2.20. The fourth-order valence-corrected chi connectivity index (χ4v) is 1.78. The number of rotatable bonds is 4. The third-order valence-electron chi connectivity index (χ3n) is 2.76. The van der Waals surface area contributed by atoms with Gasteiger partial charge in [-0.1, -0.05) is 19.9 Å². The molecule has 4 nitrogen and oxygen atoms in total. The van der Waals surface area contributed by atoms with E-state index in [1.807, 2.05) is 6.07 Å². The lowest BCUT2D eigenvalue weighted by atomic mass is 9.98. The molecule has 0 bridgehead atoms. The Morgan fingerprint density at radius 1 is 1.35 bits per heavy atom. The number of aliphatic hydroxyl groups is 1. The number of carbonyl (C=O) groups is 1. The maximum absolute atomic E-state index is 11.6. The molecule has 0 saturated heterocycles. The van der Waals surface area contributed by atoms with Crippen molar-refractivity contribution in [2.75, 3.05) is 6.79 Å². The van der Waals surface area contributed by atoms with Crippen LogP contribution in [0.1, 0.15) is 19.4 Å². The van der Waals surface area contributed by atoms with Crippen molar-refractivity contribution in [2.24, 2.45) is 5.92 Å². The third kappa shape index (κ3) is 2.58. The van der Waals surface area contributed by atoms with E-state index in [1.54, 1.807) is 26.0 Å². The van der Waals surface area contributed by atoms with Crippen LogP contribution in [0.5, 0.6) is 11.5 Å². The molecule has 0 aliphatic carbocycles. The van der Waals surface area contributed by atoms with Crippen molar-refractivity contribution >= 4 is 5.78 Å². The predicted molar refractivity (Wildman–Crippen MR) is 62.1 cm³/mol. The fraction of sp³-hybridized carbons (Fsp3) is 0.462. The van der Waals surface area contributed by atoms with E-state index < -0.39 is 6.10 Å². The Morgan fingerprint density at radius 2 is 2.06 bits per heavy atom. The molecule has 1 aliphatic heterocycles. The van der Waals surface area contributed by atoms with Gasteiger partial charge in [-0.15, -0.1) is 0 Å². The normalized spacial score (nSPS) is 15.1. The largest absolute Gasteiger partial charge is 0.454 e. The molecule has 0 aromatic heterocycles. The lowest BCUT2D eigenvalue weighted by Gasteiger charge is -2.12. The lowest BCUT2D eigenvalue weighted by molar-refractivity contribution is -0.130. The van der Waals surface area contributed by atoms with Gasteiger partial charge in [0.1, 0.15) is 6.10 Å². The zero-order chi connectivity index (χ0) is 12.4. The summed E-state index contributed by atoms with van der Waals surface area (Å²) in [4.78, 5) is 11.6. The minimum absolute atomic E-state index is 0.136. The molecule has 1 N–H and O–H groups in total. The summed E-state index contributed by atoms with van der Waals surface area (Å²) < 4.78 is 10.4. The number of Topliss-reactive ketones (excluding diaryl/α,β-unsaturated/α-hetero) is 1. The SMILES string of the molecule is CC(C)C(=O)[C@H](O)Cc1ccc2c(c1)OCO2. The second-order valence-electron chi connectivity index (χ2n) is 4.46. The summed E-state index contributed by atoms with van der Waals surface area (Å²) in [6.07, 6.45) is -0.636. The number of ketones is 1. The van der Waals surface area contributed by atoms with Gasteiger partial charge in [0, 0.05) is 12.3 Å². The monoisotopic (exact) mass is 236 g/mol. The molecule has 2 rings (SSSR count). The van der Waals surface area contributed by atoms with Gasteiger partial charge in [-0.05, 0) is 17.7 Å². The van der Waals surface area contributed by atoms with Gasteiger partial charge in [-0.3, -0.25) is 4.79 Å². The first-order valence-electron chi connectivity index (χ1n) is 5.68. The van der Waals surface area contributed by atoms with Crippen LogP contribution in [0.4, 0.5) is 0 Å². The molecule has 1 aliphatic rings.